The second-order valence-electron chi connectivity index (χ2n) is 6.72. The minimum atomic E-state index is 0.507. The van der Waals surface area contributed by atoms with Crippen molar-refractivity contribution in [3.8, 4) is 5.69 Å². The number of para-hydroxylation sites is 1. The lowest BCUT2D eigenvalue weighted by Crippen LogP contribution is -2.49. The molecule has 1 fully saturated rings. The van der Waals surface area contributed by atoms with Crippen LogP contribution in [0.3, 0.4) is 0 Å². The summed E-state index contributed by atoms with van der Waals surface area (Å²) in [5, 5.41) is 12.4. The zero-order chi connectivity index (χ0) is 18.4. The molecule has 0 aliphatic carbocycles. The Kier molecular flexibility index (Phi) is 6.55. The first-order chi connectivity index (χ1) is 12.7. The molecule has 1 aromatic carbocycles. The van der Waals surface area contributed by atoms with Crippen LogP contribution in [0.2, 0.25) is 0 Å². The number of nitrogens with one attached hydrogen (secondary N) is 1. The van der Waals surface area contributed by atoms with Crippen molar-refractivity contribution in [3.63, 3.8) is 0 Å². The van der Waals surface area contributed by atoms with Crippen LogP contribution in [0, 0.1) is 5.92 Å². The SMILES string of the molecule is CCNC(=NCc1nncn1-c1ccccc1)N1CCSC(C(C)C)C1. The van der Waals surface area contributed by atoms with Gasteiger partial charge in [-0.05, 0) is 25.0 Å². The zero-order valence-corrected chi connectivity index (χ0v) is 16.6. The molecule has 2 aromatic rings. The molecule has 1 saturated heterocycles. The summed E-state index contributed by atoms with van der Waals surface area (Å²) in [5.41, 5.74) is 1.06. The third-order valence-corrected chi connectivity index (χ3v) is 6.03. The molecule has 1 aliphatic rings. The lowest BCUT2D eigenvalue weighted by molar-refractivity contribution is 0.380. The maximum Gasteiger partial charge on any atom is 0.194 e. The Labute approximate surface area is 160 Å². The molecule has 1 aromatic heterocycles. The highest BCUT2D eigenvalue weighted by atomic mass is 32.2. The number of aliphatic imine (C=N–C) groups is 1. The Balaban J connectivity index is 1.75. The Hall–Kier alpha value is -2.02. The number of aromatic nitrogens is 3. The van der Waals surface area contributed by atoms with E-state index >= 15 is 0 Å². The molecule has 3 rings (SSSR count). The molecule has 26 heavy (non-hydrogen) atoms. The van der Waals surface area contributed by atoms with E-state index in [4.69, 9.17) is 4.99 Å². The Morgan fingerprint density at radius 3 is 2.88 bits per heavy atom. The van der Waals surface area contributed by atoms with Gasteiger partial charge in [-0.1, -0.05) is 32.0 Å². The van der Waals surface area contributed by atoms with Crippen LogP contribution >= 0.6 is 11.8 Å². The van der Waals surface area contributed by atoms with Crippen molar-refractivity contribution in [2.24, 2.45) is 10.9 Å². The fourth-order valence-corrected chi connectivity index (χ4v) is 4.31. The van der Waals surface area contributed by atoms with E-state index in [-0.39, 0.29) is 0 Å². The highest BCUT2D eigenvalue weighted by Crippen LogP contribution is 2.25. The molecule has 140 valence electrons. The second-order valence-corrected chi connectivity index (χ2v) is 8.07. The molecule has 0 bridgehead atoms. The average Bonchev–Trinajstić information content (AvgIpc) is 3.14. The minimum absolute atomic E-state index is 0.507. The van der Waals surface area contributed by atoms with Crippen molar-refractivity contribution in [2.45, 2.75) is 32.6 Å². The largest absolute Gasteiger partial charge is 0.357 e. The predicted molar refractivity (Wildman–Crippen MR) is 109 cm³/mol. The lowest BCUT2D eigenvalue weighted by Gasteiger charge is -2.36. The van der Waals surface area contributed by atoms with E-state index in [2.05, 4.69) is 65.1 Å². The van der Waals surface area contributed by atoms with Crippen LogP contribution in [0.15, 0.2) is 41.7 Å². The van der Waals surface area contributed by atoms with Crippen LogP contribution in [-0.4, -0.2) is 56.3 Å². The summed E-state index contributed by atoms with van der Waals surface area (Å²) in [5.74, 6) is 3.64. The third-order valence-electron chi connectivity index (χ3n) is 4.49. The average molecular weight is 373 g/mol. The Morgan fingerprint density at radius 1 is 1.35 bits per heavy atom. The number of guanidine groups is 1. The number of rotatable bonds is 5. The van der Waals surface area contributed by atoms with Gasteiger partial charge in [-0.15, -0.1) is 10.2 Å². The van der Waals surface area contributed by atoms with Gasteiger partial charge >= 0.3 is 0 Å². The molecular formula is C19H28N6S. The van der Waals surface area contributed by atoms with Crippen LogP contribution in [-0.2, 0) is 6.54 Å². The van der Waals surface area contributed by atoms with Gasteiger partial charge in [-0.2, -0.15) is 11.8 Å². The summed E-state index contributed by atoms with van der Waals surface area (Å²) in [4.78, 5) is 7.24. The first kappa shape index (κ1) is 18.8. The number of thioether (sulfide) groups is 1. The van der Waals surface area contributed by atoms with E-state index in [9.17, 15) is 0 Å². The van der Waals surface area contributed by atoms with Crippen molar-refractivity contribution in [2.75, 3.05) is 25.4 Å². The predicted octanol–water partition coefficient (Wildman–Crippen LogP) is 2.81. The molecule has 0 saturated carbocycles. The van der Waals surface area contributed by atoms with Gasteiger partial charge in [0, 0.05) is 36.3 Å². The van der Waals surface area contributed by atoms with E-state index in [0.717, 1.165) is 42.9 Å². The van der Waals surface area contributed by atoms with E-state index in [1.807, 2.05) is 22.8 Å². The maximum absolute atomic E-state index is 4.86. The molecule has 2 heterocycles. The van der Waals surface area contributed by atoms with Gasteiger partial charge in [0.15, 0.2) is 11.8 Å². The lowest BCUT2D eigenvalue weighted by atomic mass is 10.1. The van der Waals surface area contributed by atoms with Gasteiger partial charge in [0.2, 0.25) is 0 Å². The summed E-state index contributed by atoms with van der Waals surface area (Å²) < 4.78 is 2.00. The summed E-state index contributed by atoms with van der Waals surface area (Å²) in [7, 11) is 0. The topological polar surface area (TPSA) is 58.3 Å². The summed E-state index contributed by atoms with van der Waals surface area (Å²) in [6, 6.07) is 10.1. The summed E-state index contributed by atoms with van der Waals surface area (Å²) in [6.07, 6.45) is 1.75. The summed E-state index contributed by atoms with van der Waals surface area (Å²) in [6.45, 7) is 10.2. The first-order valence-corrected chi connectivity index (χ1v) is 10.3. The highest BCUT2D eigenvalue weighted by molar-refractivity contribution is 8.00. The fraction of sp³-hybridized carbons (Fsp3) is 0.526. The molecule has 7 heteroatoms. The van der Waals surface area contributed by atoms with Gasteiger partial charge in [0.25, 0.3) is 0 Å². The zero-order valence-electron chi connectivity index (χ0n) is 15.8. The summed E-state index contributed by atoms with van der Waals surface area (Å²) >= 11 is 2.08. The number of nitrogens with zero attached hydrogens (tertiary/aromatic N) is 5. The highest BCUT2D eigenvalue weighted by Gasteiger charge is 2.24. The van der Waals surface area contributed by atoms with Gasteiger partial charge in [0.05, 0.1) is 0 Å². The van der Waals surface area contributed by atoms with E-state index in [0.29, 0.717) is 17.7 Å². The van der Waals surface area contributed by atoms with Crippen molar-refractivity contribution in [1.82, 2.24) is 25.0 Å². The number of benzene rings is 1. The van der Waals surface area contributed by atoms with E-state index in [1.165, 1.54) is 0 Å². The van der Waals surface area contributed by atoms with Crippen LogP contribution in [0.1, 0.15) is 26.6 Å². The van der Waals surface area contributed by atoms with Crippen LogP contribution in [0.5, 0.6) is 0 Å². The third kappa shape index (κ3) is 4.58. The molecule has 1 atom stereocenters. The molecule has 0 radical (unpaired) electrons. The second kappa shape index (κ2) is 9.07. The van der Waals surface area contributed by atoms with Crippen LogP contribution < -0.4 is 5.32 Å². The molecule has 6 nitrogen and oxygen atoms in total. The van der Waals surface area contributed by atoms with Gasteiger partial charge in [-0.3, -0.25) is 4.57 Å². The van der Waals surface area contributed by atoms with Crippen LogP contribution in [0.25, 0.3) is 5.69 Å². The van der Waals surface area contributed by atoms with Crippen molar-refractivity contribution >= 4 is 17.7 Å². The first-order valence-electron chi connectivity index (χ1n) is 9.28. The molecule has 1 unspecified atom stereocenters. The van der Waals surface area contributed by atoms with Crippen molar-refractivity contribution in [3.05, 3.63) is 42.5 Å². The maximum atomic E-state index is 4.86. The normalized spacial score (nSPS) is 18.4. The van der Waals surface area contributed by atoms with Crippen LogP contribution in [0.4, 0.5) is 0 Å². The standard InChI is InChI=1S/C19H28N6S/c1-4-20-19(24-10-11-26-17(13-24)15(2)3)21-12-18-23-22-14-25(18)16-8-6-5-7-9-16/h5-9,14-15,17H,4,10-13H2,1-3H3,(H,20,21). The smallest absolute Gasteiger partial charge is 0.194 e. The molecule has 0 spiro atoms. The Bertz CT molecular complexity index is 712. The molecule has 1 aliphatic heterocycles. The monoisotopic (exact) mass is 372 g/mol. The minimum Gasteiger partial charge on any atom is -0.357 e. The molecular weight excluding hydrogens is 344 g/mol. The van der Waals surface area contributed by atoms with Crippen molar-refractivity contribution in [1.29, 1.82) is 0 Å². The number of hydrogen-bond donors (Lipinski definition) is 1. The van der Waals surface area contributed by atoms with E-state index in [1.54, 1.807) is 6.33 Å². The van der Waals surface area contributed by atoms with Gasteiger partial charge in [0.1, 0.15) is 12.9 Å². The Morgan fingerprint density at radius 2 is 2.15 bits per heavy atom. The van der Waals surface area contributed by atoms with Gasteiger partial charge in [-0.25, -0.2) is 4.99 Å². The fourth-order valence-electron chi connectivity index (χ4n) is 3.01. The van der Waals surface area contributed by atoms with Gasteiger partial charge < -0.3 is 10.2 Å². The quantitative estimate of drug-likeness (QED) is 0.646. The van der Waals surface area contributed by atoms with E-state index < -0.39 is 0 Å². The molecule has 0 amide bonds. The van der Waals surface area contributed by atoms with Crippen molar-refractivity contribution < 1.29 is 0 Å². The number of hydrogen-bond acceptors (Lipinski definition) is 4. The molecule has 1 N–H and O–H groups in total.